The first-order valence-corrected chi connectivity index (χ1v) is 9.96. The number of hydrogen-bond donors (Lipinski definition) is 1. The maximum atomic E-state index is 14.1. The van der Waals surface area contributed by atoms with Crippen LogP contribution in [0.25, 0.3) is 10.2 Å². The number of thiophene rings is 1. The van der Waals surface area contributed by atoms with E-state index in [1.807, 2.05) is 0 Å². The highest BCUT2D eigenvalue weighted by molar-refractivity contribution is 7.17. The summed E-state index contributed by atoms with van der Waals surface area (Å²) in [6.45, 7) is 2.17. The van der Waals surface area contributed by atoms with Gasteiger partial charge in [0.25, 0.3) is 0 Å². The Bertz CT molecular complexity index is 1120. The Morgan fingerprint density at radius 1 is 1.17 bits per heavy atom. The van der Waals surface area contributed by atoms with Gasteiger partial charge in [0.1, 0.15) is 11.6 Å². The van der Waals surface area contributed by atoms with Gasteiger partial charge in [-0.05, 0) is 41.5 Å². The summed E-state index contributed by atoms with van der Waals surface area (Å²) in [6.07, 6.45) is -4.48. The molecule has 3 rings (SSSR count). The number of benzene rings is 1. The third-order valence-corrected chi connectivity index (χ3v) is 6.09. The number of alkyl halides is 3. The molecule has 9 heteroatoms. The van der Waals surface area contributed by atoms with Gasteiger partial charge in [0.05, 0.1) is 23.9 Å². The molecule has 0 aliphatic carbocycles. The van der Waals surface area contributed by atoms with Crippen molar-refractivity contribution in [2.75, 3.05) is 7.11 Å². The van der Waals surface area contributed by atoms with Gasteiger partial charge in [-0.3, -0.25) is 4.79 Å². The van der Waals surface area contributed by atoms with Gasteiger partial charge in [0, 0.05) is 17.8 Å². The van der Waals surface area contributed by atoms with E-state index in [2.05, 4.69) is 0 Å². The number of halogens is 4. The van der Waals surface area contributed by atoms with Crippen LogP contribution in [0, 0.1) is 5.82 Å². The number of rotatable bonds is 6. The van der Waals surface area contributed by atoms with E-state index in [0.717, 1.165) is 23.5 Å². The Hall–Kier alpha value is -2.39. The fourth-order valence-corrected chi connectivity index (χ4v) is 4.55. The second-order valence-electron chi connectivity index (χ2n) is 7.88. The van der Waals surface area contributed by atoms with Gasteiger partial charge < -0.3 is 14.4 Å². The first-order valence-electron chi connectivity index (χ1n) is 9.08. The standard InChI is InChI=1S/C21H21F4NO3S/c1-19(2,14-10-13(22)4-5-17(14)29-3)11-20(28,21(23,24)25)12-26-8-6-16(27)18-15(26)7-9-30-18/h4-10,28H,11-12H2,1-3H3. The quantitative estimate of drug-likeness (QED) is 0.553. The number of ether oxygens (including phenoxy) is 1. The molecule has 162 valence electrons. The number of pyridine rings is 1. The predicted molar refractivity (Wildman–Crippen MR) is 108 cm³/mol. The van der Waals surface area contributed by atoms with Crippen molar-refractivity contribution in [1.82, 2.24) is 4.57 Å². The maximum Gasteiger partial charge on any atom is 0.418 e. The zero-order chi connectivity index (χ0) is 22.3. The smallest absolute Gasteiger partial charge is 0.418 e. The molecule has 30 heavy (non-hydrogen) atoms. The summed E-state index contributed by atoms with van der Waals surface area (Å²) in [4.78, 5) is 11.9. The van der Waals surface area contributed by atoms with Crippen molar-refractivity contribution >= 4 is 21.6 Å². The van der Waals surface area contributed by atoms with E-state index in [4.69, 9.17) is 4.74 Å². The number of fused-ring (bicyclic) bond motifs is 1. The summed E-state index contributed by atoms with van der Waals surface area (Å²) in [5.41, 5.74) is -4.19. The number of nitrogens with zero attached hydrogens (tertiary/aromatic N) is 1. The largest absolute Gasteiger partial charge is 0.496 e. The topological polar surface area (TPSA) is 51.5 Å². The normalized spacial score (nSPS) is 14.7. The third-order valence-electron chi connectivity index (χ3n) is 5.17. The van der Waals surface area contributed by atoms with Crippen LogP contribution < -0.4 is 10.2 Å². The summed E-state index contributed by atoms with van der Waals surface area (Å²) in [5.74, 6) is -0.385. The molecule has 0 amide bonds. The lowest BCUT2D eigenvalue weighted by atomic mass is 9.74. The minimum absolute atomic E-state index is 0.216. The summed E-state index contributed by atoms with van der Waals surface area (Å²) < 4.78 is 62.8. The van der Waals surface area contributed by atoms with E-state index in [1.54, 1.807) is 11.4 Å². The minimum atomic E-state index is -4.98. The van der Waals surface area contributed by atoms with Crippen LogP contribution in [0.1, 0.15) is 25.8 Å². The minimum Gasteiger partial charge on any atom is -0.496 e. The van der Waals surface area contributed by atoms with Gasteiger partial charge >= 0.3 is 6.18 Å². The lowest BCUT2D eigenvalue weighted by Crippen LogP contribution is -2.52. The zero-order valence-electron chi connectivity index (χ0n) is 16.6. The molecule has 0 spiro atoms. The molecule has 1 aromatic carbocycles. The van der Waals surface area contributed by atoms with Crippen molar-refractivity contribution in [3.63, 3.8) is 0 Å². The van der Waals surface area contributed by atoms with E-state index in [-0.39, 0.29) is 16.7 Å². The first-order chi connectivity index (χ1) is 13.9. The van der Waals surface area contributed by atoms with Crippen molar-refractivity contribution in [1.29, 1.82) is 0 Å². The zero-order valence-corrected chi connectivity index (χ0v) is 17.4. The van der Waals surface area contributed by atoms with Crippen LogP contribution in [0.15, 0.2) is 46.7 Å². The average Bonchev–Trinajstić information content (AvgIpc) is 3.14. The second kappa shape index (κ2) is 7.70. The van der Waals surface area contributed by atoms with Crippen LogP contribution in [0.5, 0.6) is 5.75 Å². The van der Waals surface area contributed by atoms with E-state index < -0.39 is 36.0 Å². The van der Waals surface area contributed by atoms with Gasteiger partial charge in [0.2, 0.25) is 0 Å². The molecule has 0 saturated carbocycles. The van der Waals surface area contributed by atoms with Crippen molar-refractivity contribution < 1.29 is 27.4 Å². The SMILES string of the molecule is COc1ccc(F)cc1C(C)(C)CC(O)(Cn1ccc(=O)c2sccc21)C(F)(F)F. The predicted octanol–water partition coefficient (Wildman–Crippen LogP) is 4.87. The van der Waals surface area contributed by atoms with Gasteiger partial charge in [-0.15, -0.1) is 11.3 Å². The Balaban J connectivity index is 2.06. The van der Waals surface area contributed by atoms with Crippen LogP contribution in [0.4, 0.5) is 17.6 Å². The Morgan fingerprint density at radius 2 is 1.87 bits per heavy atom. The van der Waals surface area contributed by atoms with Gasteiger partial charge in [-0.1, -0.05) is 13.8 Å². The third kappa shape index (κ3) is 4.09. The molecular formula is C21H21F4NO3S. The van der Waals surface area contributed by atoms with Crippen LogP contribution in [-0.4, -0.2) is 28.6 Å². The van der Waals surface area contributed by atoms with Crippen LogP contribution in [0.2, 0.25) is 0 Å². The fourth-order valence-electron chi connectivity index (χ4n) is 3.73. The van der Waals surface area contributed by atoms with E-state index in [0.29, 0.717) is 10.2 Å². The molecule has 0 radical (unpaired) electrons. The number of hydrogen-bond acceptors (Lipinski definition) is 4. The highest BCUT2D eigenvalue weighted by Crippen LogP contribution is 2.44. The molecule has 0 aliphatic heterocycles. The summed E-state index contributed by atoms with van der Waals surface area (Å²) in [5, 5.41) is 12.5. The molecule has 0 fully saturated rings. The number of aliphatic hydroxyl groups is 1. The van der Waals surface area contributed by atoms with Gasteiger partial charge in [-0.2, -0.15) is 13.2 Å². The summed E-state index contributed by atoms with van der Waals surface area (Å²) in [7, 11) is 1.34. The molecule has 4 nitrogen and oxygen atoms in total. The van der Waals surface area contributed by atoms with Crippen molar-refractivity contribution in [2.24, 2.45) is 0 Å². The summed E-state index contributed by atoms with van der Waals surface area (Å²) >= 11 is 1.12. The van der Waals surface area contributed by atoms with Crippen molar-refractivity contribution in [3.8, 4) is 5.75 Å². The fraction of sp³-hybridized carbons (Fsp3) is 0.381. The maximum absolute atomic E-state index is 14.1. The molecule has 0 bridgehead atoms. The average molecular weight is 443 g/mol. The lowest BCUT2D eigenvalue weighted by Gasteiger charge is -2.39. The van der Waals surface area contributed by atoms with Crippen LogP contribution >= 0.6 is 11.3 Å². The highest BCUT2D eigenvalue weighted by Gasteiger charge is 2.56. The molecule has 3 aromatic rings. The molecule has 0 aliphatic rings. The number of aromatic nitrogens is 1. The van der Waals surface area contributed by atoms with E-state index in [1.165, 1.54) is 43.9 Å². The molecule has 2 heterocycles. The van der Waals surface area contributed by atoms with Crippen molar-refractivity contribution in [2.45, 2.75) is 44.0 Å². The molecule has 1 atom stereocenters. The molecule has 1 N–H and O–H groups in total. The van der Waals surface area contributed by atoms with Crippen LogP contribution in [0.3, 0.4) is 0 Å². The second-order valence-corrected chi connectivity index (χ2v) is 8.79. The number of methoxy groups -OCH3 is 1. The Labute approximate surface area is 174 Å². The van der Waals surface area contributed by atoms with Crippen molar-refractivity contribution in [3.05, 3.63) is 63.5 Å². The van der Waals surface area contributed by atoms with Gasteiger partial charge in [0.15, 0.2) is 11.0 Å². The van der Waals surface area contributed by atoms with Crippen LogP contribution in [-0.2, 0) is 12.0 Å². The molecular weight excluding hydrogens is 422 g/mol. The molecule has 1 unspecified atom stereocenters. The Kier molecular flexibility index (Phi) is 5.72. The highest BCUT2D eigenvalue weighted by atomic mass is 32.1. The Morgan fingerprint density at radius 3 is 2.50 bits per heavy atom. The van der Waals surface area contributed by atoms with E-state index >= 15 is 0 Å². The van der Waals surface area contributed by atoms with Gasteiger partial charge in [-0.25, -0.2) is 4.39 Å². The molecule has 0 saturated heterocycles. The monoisotopic (exact) mass is 443 g/mol. The summed E-state index contributed by atoms with van der Waals surface area (Å²) in [6, 6.07) is 6.33. The van der Waals surface area contributed by atoms with E-state index in [9.17, 15) is 27.5 Å². The lowest BCUT2D eigenvalue weighted by molar-refractivity contribution is -0.271. The first kappa shape index (κ1) is 22.3. The molecule has 2 aromatic heterocycles.